The van der Waals surface area contributed by atoms with Crippen molar-refractivity contribution in [2.75, 3.05) is 5.32 Å². The van der Waals surface area contributed by atoms with E-state index < -0.39 is 0 Å². The number of para-hydroxylation sites is 2. The molecule has 4 aromatic carbocycles. The van der Waals surface area contributed by atoms with Gasteiger partial charge in [-0.25, -0.2) is 0 Å². The largest absolute Gasteiger partial charge is 0.373 e. The maximum absolute atomic E-state index is 5.06. The Morgan fingerprint density at radius 2 is 1.07 bits per heavy atom. The molecule has 0 aromatic heterocycles. The lowest BCUT2D eigenvalue weighted by molar-refractivity contribution is 1.03. The van der Waals surface area contributed by atoms with Gasteiger partial charge in [-0.15, -0.1) is 0 Å². The molecule has 0 radical (unpaired) electrons. The van der Waals surface area contributed by atoms with Crippen molar-refractivity contribution in [1.82, 2.24) is 0 Å². The topological polar surface area (TPSA) is 24.4 Å². The van der Waals surface area contributed by atoms with Gasteiger partial charge in [-0.3, -0.25) is 4.99 Å². The molecule has 136 valence electrons. The van der Waals surface area contributed by atoms with Crippen molar-refractivity contribution in [2.24, 2.45) is 4.99 Å². The molecule has 0 spiro atoms. The van der Waals surface area contributed by atoms with E-state index in [2.05, 4.69) is 66.0 Å². The zero-order valence-corrected chi connectivity index (χ0v) is 15.6. The van der Waals surface area contributed by atoms with Gasteiger partial charge in [-0.1, -0.05) is 97.1 Å². The molecular formula is C26H22N2. The molecule has 0 bridgehead atoms. The van der Waals surface area contributed by atoms with Crippen LogP contribution in [0.3, 0.4) is 0 Å². The van der Waals surface area contributed by atoms with Crippen molar-refractivity contribution >= 4 is 17.1 Å². The first-order valence-electron chi connectivity index (χ1n) is 9.46. The number of nitrogens with zero attached hydrogens (tertiary/aromatic N) is 1. The first kappa shape index (κ1) is 17.7. The van der Waals surface area contributed by atoms with E-state index in [0.717, 1.165) is 22.6 Å². The minimum absolute atomic E-state index is 0.0776. The van der Waals surface area contributed by atoms with Gasteiger partial charge in [0.1, 0.15) is 0 Å². The van der Waals surface area contributed by atoms with Gasteiger partial charge in [0.2, 0.25) is 0 Å². The third-order valence-electron chi connectivity index (χ3n) is 4.57. The van der Waals surface area contributed by atoms with Gasteiger partial charge in [0.15, 0.2) is 0 Å². The predicted octanol–water partition coefficient (Wildman–Crippen LogP) is 6.66. The van der Waals surface area contributed by atoms with Gasteiger partial charge in [0.05, 0.1) is 17.4 Å². The maximum Gasteiger partial charge on any atom is 0.0946 e. The van der Waals surface area contributed by atoms with Crippen LogP contribution >= 0.6 is 0 Å². The lowest BCUT2D eigenvalue weighted by atomic mass is 9.95. The molecule has 28 heavy (non-hydrogen) atoms. The highest BCUT2D eigenvalue weighted by atomic mass is 15.0. The zero-order chi connectivity index (χ0) is 19.0. The number of nitrogens with one attached hydrogen (secondary N) is 1. The Bertz CT molecular complexity index is 1010. The molecule has 1 unspecified atom stereocenters. The van der Waals surface area contributed by atoms with Crippen molar-refractivity contribution in [3.05, 3.63) is 132 Å². The summed E-state index contributed by atoms with van der Waals surface area (Å²) in [5, 5.41) is 3.68. The second-order valence-electron chi connectivity index (χ2n) is 6.55. The molecular weight excluding hydrogens is 340 g/mol. The van der Waals surface area contributed by atoms with Crippen LogP contribution in [0.1, 0.15) is 17.2 Å². The third-order valence-corrected chi connectivity index (χ3v) is 4.57. The van der Waals surface area contributed by atoms with Crippen molar-refractivity contribution in [3.8, 4) is 0 Å². The summed E-state index contributed by atoms with van der Waals surface area (Å²) in [6.45, 7) is 0. The van der Waals surface area contributed by atoms with E-state index in [4.69, 9.17) is 4.99 Å². The highest BCUT2D eigenvalue weighted by molar-refractivity contribution is 6.07. The van der Waals surface area contributed by atoms with Crippen molar-refractivity contribution in [2.45, 2.75) is 6.04 Å². The summed E-state index contributed by atoms with van der Waals surface area (Å²) in [6, 6.07) is 41.2. The Morgan fingerprint density at radius 1 is 0.571 bits per heavy atom. The van der Waals surface area contributed by atoms with Crippen LogP contribution in [0.4, 0.5) is 11.4 Å². The quantitative estimate of drug-likeness (QED) is 0.381. The number of hydrogen-bond acceptors (Lipinski definition) is 2. The van der Waals surface area contributed by atoms with Crippen LogP contribution in [0.15, 0.2) is 126 Å². The first-order valence-corrected chi connectivity index (χ1v) is 9.46. The SMILES string of the molecule is c1ccc(N=C(c2ccccc2)C(Nc2ccccc2)c2ccccc2)cc1. The normalized spacial score (nSPS) is 12.4. The molecule has 0 saturated carbocycles. The van der Waals surface area contributed by atoms with Crippen LogP contribution in [0, 0.1) is 0 Å². The van der Waals surface area contributed by atoms with Gasteiger partial charge in [0.25, 0.3) is 0 Å². The van der Waals surface area contributed by atoms with Crippen molar-refractivity contribution in [3.63, 3.8) is 0 Å². The fourth-order valence-electron chi connectivity index (χ4n) is 3.20. The van der Waals surface area contributed by atoms with Crippen molar-refractivity contribution < 1.29 is 0 Å². The number of hydrogen-bond donors (Lipinski definition) is 1. The molecule has 1 N–H and O–H groups in total. The second-order valence-corrected chi connectivity index (χ2v) is 6.55. The van der Waals surface area contributed by atoms with E-state index in [9.17, 15) is 0 Å². The fourth-order valence-corrected chi connectivity index (χ4v) is 3.20. The Hall–Kier alpha value is -3.65. The Labute approximate surface area is 166 Å². The fraction of sp³-hybridized carbons (Fsp3) is 0.0385. The average molecular weight is 362 g/mol. The smallest absolute Gasteiger partial charge is 0.0946 e. The number of anilines is 1. The van der Waals surface area contributed by atoms with Gasteiger partial charge >= 0.3 is 0 Å². The molecule has 0 aliphatic heterocycles. The lowest BCUT2D eigenvalue weighted by Gasteiger charge is -2.23. The minimum atomic E-state index is -0.0776. The van der Waals surface area contributed by atoms with E-state index >= 15 is 0 Å². The van der Waals surface area contributed by atoms with E-state index in [1.54, 1.807) is 0 Å². The van der Waals surface area contributed by atoms with Gasteiger partial charge in [-0.2, -0.15) is 0 Å². The van der Waals surface area contributed by atoms with Crippen LogP contribution in [0.5, 0.6) is 0 Å². The summed E-state index contributed by atoms with van der Waals surface area (Å²) in [5.41, 5.74) is 5.26. The standard InChI is InChI=1S/C26H22N2/c1-5-13-21(14-6-1)25(27-23-17-9-3-10-18-23)26(22-15-7-2-8-16-22)28-24-19-11-4-12-20-24/h1-20,25,27H. The third kappa shape index (κ3) is 4.36. The number of rotatable bonds is 6. The molecule has 0 fully saturated rings. The van der Waals surface area contributed by atoms with Crippen LogP contribution in [0.25, 0.3) is 0 Å². The second kappa shape index (κ2) is 8.83. The highest BCUT2D eigenvalue weighted by Crippen LogP contribution is 2.27. The molecule has 2 heteroatoms. The Balaban J connectivity index is 1.84. The van der Waals surface area contributed by atoms with Crippen LogP contribution < -0.4 is 5.32 Å². The summed E-state index contributed by atoms with van der Waals surface area (Å²) in [7, 11) is 0. The van der Waals surface area contributed by atoms with Crippen LogP contribution in [-0.4, -0.2) is 5.71 Å². The molecule has 4 aromatic rings. The molecule has 1 atom stereocenters. The van der Waals surface area contributed by atoms with Gasteiger partial charge < -0.3 is 5.32 Å². The summed E-state index contributed by atoms with van der Waals surface area (Å²) in [4.78, 5) is 5.06. The monoisotopic (exact) mass is 362 g/mol. The maximum atomic E-state index is 5.06. The molecule has 0 saturated heterocycles. The van der Waals surface area contributed by atoms with E-state index in [1.807, 2.05) is 60.7 Å². The first-order chi connectivity index (χ1) is 13.9. The predicted molar refractivity (Wildman–Crippen MR) is 118 cm³/mol. The molecule has 0 aliphatic rings. The van der Waals surface area contributed by atoms with Gasteiger partial charge in [-0.05, 0) is 35.4 Å². The minimum Gasteiger partial charge on any atom is -0.373 e. The van der Waals surface area contributed by atoms with E-state index in [-0.39, 0.29) is 6.04 Å². The Kier molecular flexibility index (Phi) is 5.60. The van der Waals surface area contributed by atoms with Crippen LogP contribution in [0.2, 0.25) is 0 Å². The zero-order valence-electron chi connectivity index (χ0n) is 15.6. The highest BCUT2D eigenvalue weighted by Gasteiger charge is 2.20. The molecule has 2 nitrogen and oxygen atoms in total. The van der Waals surface area contributed by atoms with Crippen molar-refractivity contribution in [1.29, 1.82) is 0 Å². The molecule has 0 aliphatic carbocycles. The summed E-state index contributed by atoms with van der Waals surface area (Å²) in [6.07, 6.45) is 0. The molecule has 4 rings (SSSR count). The van der Waals surface area contributed by atoms with E-state index in [0.29, 0.717) is 0 Å². The lowest BCUT2D eigenvalue weighted by Crippen LogP contribution is -2.22. The number of aliphatic imine (C=N–C) groups is 1. The van der Waals surface area contributed by atoms with E-state index in [1.165, 1.54) is 5.56 Å². The Morgan fingerprint density at radius 3 is 1.68 bits per heavy atom. The number of benzene rings is 4. The molecule has 0 heterocycles. The summed E-state index contributed by atoms with van der Waals surface area (Å²) < 4.78 is 0. The average Bonchev–Trinajstić information content (AvgIpc) is 2.79. The van der Waals surface area contributed by atoms with Crippen LogP contribution in [-0.2, 0) is 0 Å². The summed E-state index contributed by atoms with van der Waals surface area (Å²) in [5.74, 6) is 0. The van der Waals surface area contributed by atoms with Gasteiger partial charge in [0, 0.05) is 5.69 Å². The molecule has 0 amide bonds. The summed E-state index contributed by atoms with van der Waals surface area (Å²) >= 11 is 0.